The Kier molecular flexibility index (Phi) is 5.97. The van der Waals surface area contributed by atoms with Gasteiger partial charge in [-0.1, -0.05) is 17.8 Å². The van der Waals surface area contributed by atoms with Gasteiger partial charge in [0.15, 0.2) is 0 Å². The number of nitrogens with zero attached hydrogens (tertiary/aromatic N) is 5. The topological polar surface area (TPSA) is 63.9 Å². The van der Waals surface area contributed by atoms with Crippen LogP contribution in [0.2, 0.25) is 0 Å². The molecule has 0 unspecified atom stereocenters. The van der Waals surface area contributed by atoms with Crippen molar-refractivity contribution in [2.75, 3.05) is 12.3 Å². The fourth-order valence-electron chi connectivity index (χ4n) is 3.20. The highest BCUT2D eigenvalue weighted by atomic mass is 32.2. The van der Waals surface area contributed by atoms with Crippen LogP contribution in [0.3, 0.4) is 0 Å². The zero-order valence-electron chi connectivity index (χ0n) is 15.9. The van der Waals surface area contributed by atoms with E-state index in [1.807, 2.05) is 32.0 Å². The number of aryl methyl sites for hydroxylation is 2. The molecule has 10 heteroatoms. The maximum absolute atomic E-state index is 12.9. The van der Waals surface area contributed by atoms with Crippen molar-refractivity contribution in [1.82, 2.24) is 25.1 Å². The van der Waals surface area contributed by atoms with Crippen molar-refractivity contribution in [2.45, 2.75) is 51.0 Å². The average Bonchev–Trinajstić information content (AvgIpc) is 3.33. The van der Waals surface area contributed by atoms with Gasteiger partial charge in [-0.2, -0.15) is 17.9 Å². The lowest BCUT2D eigenvalue weighted by atomic mass is 10.1. The number of rotatable bonds is 7. The Morgan fingerprint density at radius 3 is 2.50 bits per heavy atom. The second-order valence-corrected chi connectivity index (χ2v) is 8.17. The molecule has 1 amide bonds. The van der Waals surface area contributed by atoms with Gasteiger partial charge in [-0.05, 0) is 73.2 Å². The van der Waals surface area contributed by atoms with Crippen LogP contribution in [0.1, 0.15) is 30.9 Å². The molecule has 1 saturated carbocycles. The van der Waals surface area contributed by atoms with Crippen LogP contribution in [0.15, 0.2) is 23.4 Å². The Hall–Kier alpha value is -2.10. The number of aromatic nitrogens is 4. The van der Waals surface area contributed by atoms with E-state index in [1.54, 1.807) is 6.92 Å². The third-order valence-corrected chi connectivity index (χ3v) is 5.59. The zero-order chi connectivity index (χ0) is 20.5. The Balaban J connectivity index is 1.72. The van der Waals surface area contributed by atoms with Gasteiger partial charge >= 0.3 is 6.18 Å². The Morgan fingerprint density at radius 2 is 1.93 bits per heavy atom. The predicted octanol–water partition coefficient (Wildman–Crippen LogP) is 3.56. The number of thioether (sulfide) groups is 1. The van der Waals surface area contributed by atoms with Crippen LogP contribution < -0.4 is 0 Å². The maximum Gasteiger partial charge on any atom is 0.406 e. The van der Waals surface area contributed by atoms with Crippen molar-refractivity contribution in [3.63, 3.8) is 0 Å². The number of amides is 1. The number of alkyl halides is 3. The third kappa shape index (κ3) is 5.24. The molecule has 0 spiro atoms. The van der Waals surface area contributed by atoms with Crippen molar-refractivity contribution in [3.8, 4) is 5.69 Å². The summed E-state index contributed by atoms with van der Waals surface area (Å²) in [6.07, 6.45) is -2.70. The van der Waals surface area contributed by atoms with Gasteiger partial charge in [0.1, 0.15) is 6.54 Å². The molecule has 6 nitrogen and oxygen atoms in total. The Labute approximate surface area is 165 Å². The summed E-state index contributed by atoms with van der Waals surface area (Å²) in [4.78, 5) is 13.5. The first-order valence-corrected chi connectivity index (χ1v) is 9.98. The quantitative estimate of drug-likeness (QED) is 0.650. The summed E-state index contributed by atoms with van der Waals surface area (Å²) in [5.74, 6) is -0.563. The minimum absolute atomic E-state index is 0.150. The average molecular weight is 413 g/mol. The lowest BCUT2D eigenvalue weighted by Crippen LogP contribution is -2.46. The molecule has 0 saturated heterocycles. The standard InChI is InChI=1S/C18H22F3N5OS/c1-11-6-12(2)8-15(7-11)26-17(22-23-24-26)28-9-16(27)25(10-18(19,20)21)13(3)14-4-5-14/h6-8,13-14H,4-5,9-10H2,1-3H3/t13-/m1/s1. The van der Waals surface area contributed by atoms with E-state index in [1.165, 1.54) is 4.68 Å². The molecule has 1 aliphatic carbocycles. The van der Waals surface area contributed by atoms with E-state index in [4.69, 9.17) is 0 Å². The highest BCUT2D eigenvalue weighted by Gasteiger charge is 2.40. The highest BCUT2D eigenvalue weighted by Crippen LogP contribution is 2.36. The SMILES string of the molecule is Cc1cc(C)cc(-n2nnnc2SCC(=O)N(CC(F)(F)F)[C@H](C)C2CC2)c1. The molecular weight excluding hydrogens is 391 g/mol. The monoisotopic (exact) mass is 413 g/mol. The zero-order valence-corrected chi connectivity index (χ0v) is 16.7. The molecular formula is C18H22F3N5OS. The van der Waals surface area contributed by atoms with E-state index in [0.717, 1.165) is 46.3 Å². The first-order valence-electron chi connectivity index (χ1n) is 9.00. The molecule has 1 aromatic carbocycles. The van der Waals surface area contributed by atoms with Gasteiger partial charge in [-0.25, -0.2) is 0 Å². The minimum atomic E-state index is -4.43. The van der Waals surface area contributed by atoms with Crippen LogP contribution in [0, 0.1) is 19.8 Å². The van der Waals surface area contributed by atoms with Crippen molar-refractivity contribution in [3.05, 3.63) is 29.3 Å². The lowest BCUT2D eigenvalue weighted by molar-refractivity contribution is -0.164. The van der Waals surface area contributed by atoms with Crippen molar-refractivity contribution in [2.24, 2.45) is 5.92 Å². The van der Waals surface area contributed by atoms with Crippen LogP contribution in [-0.2, 0) is 4.79 Å². The summed E-state index contributed by atoms with van der Waals surface area (Å²) in [7, 11) is 0. The Bertz CT molecular complexity index is 830. The van der Waals surface area contributed by atoms with Gasteiger partial charge in [-0.3, -0.25) is 4.79 Å². The number of halogens is 3. The second kappa shape index (κ2) is 8.10. The van der Waals surface area contributed by atoms with Gasteiger partial charge in [0.2, 0.25) is 11.1 Å². The molecule has 152 valence electrons. The number of benzene rings is 1. The molecule has 2 aromatic rings. The number of hydrogen-bond donors (Lipinski definition) is 0. The summed E-state index contributed by atoms with van der Waals surface area (Å²) in [6.45, 7) is 4.36. The van der Waals surface area contributed by atoms with Crippen LogP contribution >= 0.6 is 11.8 Å². The summed E-state index contributed by atoms with van der Waals surface area (Å²) in [6, 6.07) is 5.39. The molecule has 1 aromatic heterocycles. The van der Waals surface area contributed by atoms with Crippen LogP contribution in [-0.4, -0.2) is 55.5 Å². The van der Waals surface area contributed by atoms with E-state index in [-0.39, 0.29) is 11.7 Å². The van der Waals surface area contributed by atoms with E-state index < -0.39 is 24.7 Å². The largest absolute Gasteiger partial charge is 0.406 e. The predicted molar refractivity (Wildman–Crippen MR) is 99.3 cm³/mol. The summed E-state index contributed by atoms with van der Waals surface area (Å²) < 4.78 is 40.3. The van der Waals surface area contributed by atoms with Crippen LogP contribution in [0.5, 0.6) is 0 Å². The molecule has 0 bridgehead atoms. The van der Waals surface area contributed by atoms with Gasteiger partial charge < -0.3 is 4.90 Å². The molecule has 0 aliphatic heterocycles. The normalized spacial score (nSPS) is 15.5. The number of carbonyl (C=O) groups is 1. The summed E-state index contributed by atoms with van der Waals surface area (Å²) in [5.41, 5.74) is 2.82. The lowest BCUT2D eigenvalue weighted by Gasteiger charge is -2.30. The molecule has 1 heterocycles. The van der Waals surface area contributed by atoms with Crippen molar-refractivity contribution in [1.29, 1.82) is 0 Å². The molecule has 28 heavy (non-hydrogen) atoms. The van der Waals surface area contributed by atoms with Crippen LogP contribution in [0.4, 0.5) is 13.2 Å². The van der Waals surface area contributed by atoms with E-state index in [2.05, 4.69) is 15.5 Å². The molecule has 3 rings (SSSR count). The number of hydrogen-bond acceptors (Lipinski definition) is 5. The maximum atomic E-state index is 12.9. The Morgan fingerprint density at radius 1 is 1.29 bits per heavy atom. The van der Waals surface area contributed by atoms with Gasteiger partial charge in [0.05, 0.1) is 11.4 Å². The van der Waals surface area contributed by atoms with E-state index in [9.17, 15) is 18.0 Å². The summed E-state index contributed by atoms with van der Waals surface area (Å²) >= 11 is 1.04. The second-order valence-electron chi connectivity index (χ2n) is 7.22. The number of carbonyl (C=O) groups excluding carboxylic acids is 1. The fraction of sp³-hybridized carbons (Fsp3) is 0.556. The molecule has 1 atom stereocenters. The van der Waals surface area contributed by atoms with E-state index in [0.29, 0.717) is 5.16 Å². The molecule has 1 fully saturated rings. The summed E-state index contributed by atoms with van der Waals surface area (Å²) in [5, 5.41) is 11.9. The van der Waals surface area contributed by atoms with Crippen molar-refractivity contribution >= 4 is 17.7 Å². The van der Waals surface area contributed by atoms with Gasteiger partial charge in [0, 0.05) is 6.04 Å². The number of tetrazole rings is 1. The third-order valence-electron chi connectivity index (χ3n) is 4.68. The fourth-order valence-corrected chi connectivity index (χ4v) is 3.98. The first kappa shape index (κ1) is 20.6. The van der Waals surface area contributed by atoms with Gasteiger partial charge in [0.25, 0.3) is 0 Å². The smallest absolute Gasteiger partial charge is 0.330 e. The first-order chi connectivity index (χ1) is 13.1. The molecule has 1 aliphatic rings. The van der Waals surface area contributed by atoms with Crippen LogP contribution in [0.25, 0.3) is 5.69 Å². The highest BCUT2D eigenvalue weighted by molar-refractivity contribution is 7.99. The molecule has 0 radical (unpaired) electrons. The van der Waals surface area contributed by atoms with E-state index >= 15 is 0 Å². The van der Waals surface area contributed by atoms with Crippen molar-refractivity contribution < 1.29 is 18.0 Å². The minimum Gasteiger partial charge on any atom is -0.330 e. The van der Waals surface area contributed by atoms with Gasteiger partial charge in [-0.15, -0.1) is 5.10 Å². The molecule has 0 N–H and O–H groups in total.